The molecular weight excluding hydrogens is 324 g/mol. The van der Waals surface area contributed by atoms with E-state index in [1.165, 1.54) is 13.2 Å². The Balaban J connectivity index is 1.87. The van der Waals surface area contributed by atoms with Crippen LogP contribution in [0.5, 0.6) is 0 Å². The minimum atomic E-state index is -0.600. The van der Waals surface area contributed by atoms with Crippen molar-refractivity contribution in [1.29, 1.82) is 0 Å². The van der Waals surface area contributed by atoms with Crippen LogP contribution in [0.4, 0.5) is 0 Å². The van der Waals surface area contributed by atoms with Crippen molar-refractivity contribution in [3.05, 3.63) is 41.5 Å². The van der Waals surface area contributed by atoms with Gasteiger partial charge in [-0.3, -0.25) is 9.59 Å². The molecule has 1 fully saturated rings. The first-order chi connectivity index (χ1) is 12.0. The molecule has 0 saturated carbocycles. The first kappa shape index (κ1) is 18.7. The summed E-state index contributed by atoms with van der Waals surface area (Å²) in [4.78, 5) is 37.2. The van der Waals surface area contributed by atoms with Gasteiger partial charge in [0.05, 0.1) is 25.9 Å². The Bertz CT molecular complexity index is 648. The molecule has 0 aliphatic carbocycles. The summed E-state index contributed by atoms with van der Waals surface area (Å²) in [5.41, 5.74) is 1.20. The highest BCUT2D eigenvalue weighted by molar-refractivity contribution is 5.95. The zero-order valence-corrected chi connectivity index (χ0v) is 14.4. The average molecular weight is 346 g/mol. The number of hydrogen-bond acceptors (Lipinski definition) is 5. The molecule has 134 valence electrons. The number of carbonyl (C=O) groups excluding carboxylic acids is 3. The lowest BCUT2D eigenvalue weighted by atomic mass is 10.1. The zero-order valence-electron chi connectivity index (χ0n) is 14.4. The largest absolute Gasteiger partial charge is 0.465 e. The van der Waals surface area contributed by atoms with E-state index >= 15 is 0 Å². The maximum Gasteiger partial charge on any atom is 0.337 e. The van der Waals surface area contributed by atoms with Crippen molar-refractivity contribution in [3.8, 4) is 0 Å². The topological polar surface area (TPSA) is 84.9 Å². The van der Waals surface area contributed by atoms with Crippen LogP contribution in [0.25, 0.3) is 6.08 Å². The smallest absolute Gasteiger partial charge is 0.337 e. The second-order valence-corrected chi connectivity index (χ2v) is 5.61. The van der Waals surface area contributed by atoms with Crippen molar-refractivity contribution in [2.75, 3.05) is 33.4 Å². The SMILES string of the molecule is COC(=O)c1ccc(/C=C\C(=O)N[C@H](C)C(=O)N2CCOCC2)cc1. The van der Waals surface area contributed by atoms with Crippen molar-refractivity contribution in [1.82, 2.24) is 10.2 Å². The minimum Gasteiger partial charge on any atom is -0.465 e. The number of rotatable bonds is 5. The van der Waals surface area contributed by atoms with Gasteiger partial charge in [-0.25, -0.2) is 4.79 Å². The Labute approximate surface area is 146 Å². The third-order valence-electron chi connectivity index (χ3n) is 3.81. The maximum atomic E-state index is 12.2. The number of nitrogens with one attached hydrogen (secondary N) is 1. The molecule has 1 heterocycles. The third kappa shape index (κ3) is 5.42. The van der Waals surface area contributed by atoms with Gasteiger partial charge >= 0.3 is 5.97 Å². The minimum absolute atomic E-state index is 0.118. The van der Waals surface area contributed by atoms with Crippen LogP contribution in [-0.2, 0) is 19.1 Å². The second kappa shape index (κ2) is 8.98. The molecule has 2 rings (SSSR count). The van der Waals surface area contributed by atoms with Gasteiger partial charge in [0.1, 0.15) is 6.04 Å². The van der Waals surface area contributed by atoms with Gasteiger partial charge in [0, 0.05) is 19.2 Å². The van der Waals surface area contributed by atoms with E-state index < -0.39 is 12.0 Å². The predicted molar refractivity (Wildman–Crippen MR) is 91.8 cm³/mol. The maximum absolute atomic E-state index is 12.2. The summed E-state index contributed by atoms with van der Waals surface area (Å²) in [5, 5.41) is 2.65. The molecule has 1 saturated heterocycles. The molecule has 0 spiro atoms. The lowest BCUT2D eigenvalue weighted by molar-refractivity contribution is -0.138. The quantitative estimate of drug-likeness (QED) is 0.631. The van der Waals surface area contributed by atoms with Crippen LogP contribution in [0.3, 0.4) is 0 Å². The van der Waals surface area contributed by atoms with E-state index in [2.05, 4.69) is 10.1 Å². The molecule has 7 nitrogen and oxygen atoms in total. The monoisotopic (exact) mass is 346 g/mol. The van der Waals surface area contributed by atoms with Crippen LogP contribution in [0.2, 0.25) is 0 Å². The lowest BCUT2D eigenvalue weighted by Gasteiger charge is -2.29. The molecule has 1 atom stereocenters. The van der Waals surface area contributed by atoms with Crippen LogP contribution in [0.15, 0.2) is 30.3 Å². The first-order valence-electron chi connectivity index (χ1n) is 8.04. The normalized spacial score (nSPS) is 15.7. The van der Waals surface area contributed by atoms with Gasteiger partial charge in [-0.05, 0) is 30.7 Å². The van der Waals surface area contributed by atoms with E-state index in [4.69, 9.17) is 4.74 Å². The van der Waals surface area contributed by atoms with Gasteiger partial charge in [-0.2, -0.15) is 0 Å². The standard InChI is InChI=1S/C18H22N2O5/c1-13(17(22)20-9-11-25-12-10-20)19-16(21)8-5-14-3-6-15(7-4-14)18(23)24-2/h3-8,13H,9-12H2,1-2H3,(H,19,21)/b8-5-/t13-/m1/s1. The zero-order chi connectivity index (χ0) is 18.2. The predicted octanol–water partition coefficient (Wildman–Crippen LogP) is 0.850. The van der Waals surface area contributed by atoms with E-state index in [0.29, 0.717) is 31.9 Å². The number of ether oxygens (including phenoxy) is 2. The molecule has 0 radical (unpaired) electrons. The summed E-state index contributed by atoms with van der Waals surface area (Å²) in [6.07, 6.45) is 2.97. The van der Waals surface area contributed by atoms with Gasteiger partial charge in [-0.1, -0.05) is 12.1 Å². The number of esters is 1. The van der Waals surface area contributed by atoms with Crippen LogP contribution in [-0.4, -0.2) is 62.1 Å². The first-order valence-corrected chi connectivity index (χ1v) is 8.04. The fourth-order valence-corrected chi connectivity index (χ4v) is 2.40. The number of methoxy groups -OCH3 is 1. The van der Waals surface area contributed by atoms with E-state index in [-0.39, 0.29) is 11.8 Å². The Morgan fingerprint density at radius 3 is 2.44 bits per heavy atom. The summed E-state index contributed by atoms with van der Waals surface area (Å²) >= 11 is 0. The number of nitrogens with zero attached hydrogens (tertiary/aromatic N) is 1. The van der Waals surface area contributed by atoms with E-state index in [9.17, 15) is 14.4 Å². The highest BCUT2D eigenvalue weighted by atomic mass is 16.5. The Hall–Kier alpha value is -2.67. The van der Waals surface area contributed by atoms with Gasteiger partial charge in [0.25, 0.3) is 0 Å². The molecule has 25 heavy (non-hydrogen) atoms. The van der Waals surface area contributed by atoms with Crippen molar-refractivity contribution in [3.63, 3.8) is 0 Å². The van der Waals surface area contributed by atoms with E-state index in [1.54, 1.807) is 42.2 Å². The highest BCUT2D eigenvalue weighted by Gasteiger charge is 2.22. The van der Waals surface area contributed by atoms with E-state index in [1.807, 2.05) is 0 Å². The molecule has 7 heteroatoms. The van der Waals surface area contributed by atoms with Gasteiger partial charge < -0.3 is 19.7 Å². The van der Waals surface area contributed by atoms with Gasteiger partial charge in [0.15, 0.2) is 0 Å². The molecule has 0 bridgehead atoms. The summed E-state index contributed by atoms with van der Waals surface area (Å²) in [5.74, 6) is -0.887. The molecule has 1 aliphatic rings. The Morgan fingerprint density at radius 2 is 1.84 bits per heavy atom. The molecule has 1 aromatic carbocycles. The van der Waals surface area contributed by atoms with Gasteiger partial charge in [-0.15, -0.1) is 0 Å². The molecule has 0 unspecified atom stereocenters. The molecule has 1 N–H and O–H groups in total. The number of benzene rings is 1. The van der Waals surface area contributed by atoms with Crippen LogP contribution < -0.4 is 5.32 Å². The molecule has 1 aliphatic heterocycles. The van der Waals surface area contributed by atoms with Crippen molar-refractivity contribution in [2.45, 2.75) is 13.0 Å². The average Bonchev–Trinajstić information content (AvgIpc) is 2.66. The summed E-state index contributed by atoms with van der Waals surface area (Å²) in [6.45, 7) is 3.79. The van der Waals surface area contributed by atoms with Gasteiger partial charge in [0.2, 0.25) is 11.8 Å². The number of carbonyl (C=O) groups is 3. The van der Waals surface area contributed by atoms with Crippen molar-refractivity contribution in [2.24, 2.45) is 0 Å². The number of morpholine rings is 1. The number of amides is 2. The van der Waals surface area contributed by atoms with Crippen molar-refractivity contribution >= 4 is 23.9 Å². The highest BCUT2D eigenvalue weighted by Crippen LogP contribution is 2.07. The fourth-order valence-electron chi connectivity index (χ4n) is 2.40. The van der Waals surface area contributed by atoms with E-state index in [0.717, 1.165) is 5.56 Å². The Morgan fingerprint density at radius 1 is 1.20 bits per heavy atom. The second-order valence-electron chi connectivity index (χ2n) is 5.61. The van der Waals surface area contributed by atoms with Crippen molar-refractivity contribution < 1.29 is 23.9 Å². The van der Waals surface area contributed by atoms with Crippen LogP contribution in [0.1, 0.15) is 22.8 Å². The fraction of sp³-hybridized carbons (Fsp3) is 0.389. The van der Waals surface area contributed by atoms with Crippen LogP contribution >= 0.6 is 0 Å². The summed E-state index contributed by atoms with van der Waals surface area (Å²) in [7, 11) is 1.32. The molecule has 2 amide bonds. The molecule has 0 aromatic heterocycles. The van der Waals surface area contributed by atoms with Crippen LogP contribution in [0, 0.1) is 0 Å². The summed E-state index contributed by atoms with van der Waals surface area (Å²) in [6, 6.07) is 6.05. The molecule has 1 aromatic rings. The third-order valence-corrected chi connectivity index (χ3v) is 3.81. The lowest BCUT2D eigenvalue weighted by Crippen LogP contribution is -2.50. The number of hydrogen-bond donors (Lipinski definition) is 1. The Kier molecular flexibility index (Phi) is 6.71. The summed E-state index contributed by atoms with van der Waals surface area (Å²) < 4.78 is 9.83. The molecular formula is C18H22N2O5.